The molecule has 2 fully saturated rings. The van der Waals surface area contributed by atoms with E-state index in [1.54, 1.807) is 0 Å². The molecule has 4 atom stereocenters. The molecule has 1 aromatic carbocycles. The van der Waals surface area contributed by atoms with Gasteiger partial charge < -0.3 is 14.7 Å². The normalized spacial score (nSPS) is 31.4. The molecule has 1 amide bonds. The summed E-state index contributed by atoms with van der Waals surface area (Å²) in [4.78, 5) is 17.2. The number of hydrogen-bond acceptors (Lipinski definition) is 4. The Morgan fingerprint density at radius 2 is 1.72 bits per heavy atom. The zero-order chi connectivity index (χ0) is 17.4. The Morgan fingerprint density at radius 3 is 2.36 bits per heavy atom. The smallest absolute Gasteiger partial charge is 0.229 e. The maximum Gasteiger partial charge on any atom is 0.229 e. The van der Waals surface area contributed by atoms with E-state index in [4.69, 9.17) is 4.74 Å². The monoisotopic (exact) mass is 339 g/mol. The SMILES string of the molecule is C=C([O-])C1C(C(=O)N2CCN(Cc3ccccc3)CC2)[C@@H]2C=C[C@H]1O2. The van der Waals surface area contributed by atoms with Crippen molar-refractivity contribution in [3.8, 4) is 0 Å². The van der Waals surface area contributed by atoms with Gasteiger partial charge in [-0.25, -0.2) is 0 Å². The topological polar surface area (TPSA) is 55.8 Å². The Bertz CT molecular complexity index is 679. The van der Waals surface area contributed by atoms with Gasteiger partial charge in [0, 0.05) is 38.6 Å². The van der Waals surface area contributed by atoms with Crippen molar-refractivity contribution in [3.63, 3.8) is 0 Å². The standard InChI is InChI=1S/C20H24N2O3/c1-14(23)18-16-7-8-17(25-16)19(18)20(24)22-11-9-21(10-12-22)13-15-5-3-2-4-6-15/h2-8,16-19,23H,1,9-13H2/p-1/t16-,17+,18?,19?/m1/s1. The molecule has 0 aliphatic carbocycles. The second kappa shape index (κ2) is 6.65. The first-order valence-corrected chi connectivity index (χ1v) is 8.88. The number of fused-ring (bicyclic) bond motifs is 2. The Kier molecular flexibility index (Phi) is 4.36. The molecule has 0 N–H and O–H groups in total. The molecular formula is C20H23N2O3-. The predicted molar refractivity (Wildman–Crippen MR) is 92.2 cm³/mol. The van der Waals surface area contributed by atoms with E-state index in [1.165, 1.54) is 5.56 Å². The highest BCUT2D eigenvalue weighted by atomic mass is 16.5. The summed E-state index contributed by atoms with van der Waals surface area (Å²) in [5.74, 6) is -0.985. The van der Waals surface area contributed by atoms with Crippen molar-refractivity contribution in [1.29, 1.82) is 0 Å². The minimum absolute atomic E-state index is 0.0400. The van der Waals surface area contributed by atoms with Crippen LogP contribution in [0.25, 0.3) is 0 Å². The first kappa shape index (κ1) is 16.4. The molecule has 132 valence electrons. The largest absolute Gasteiger partial charge is 0.876 e. The molecule has 3 aliphatic rings. The van der Waals surface area contributed by atoms with Crippen LogP contribution in [0.2, 0.25) is 0 Å². The van der Waals surface area contributed by atoms with E-state index in [0.717, 1.165) is 19.6 Å². The van der Waals surface area contributed by atoms with Gasteiger partial charge in [0.25, 0.3) is 0 Å². The van der Waals surface area contributed by atoms with Crippen molar-refractivity contribution in [3.05, 3.63) is 60.4 Å². The van der Waals surface area contributed by atoms with Crippen LogP contribution in [0.1, 0.15) is 5.56 Å². The van der Waals surface area contributed by atoms with E-state index in [-0.39, 0.29) is 23.9 Å². The van der Waals surface area contributed by atoms with E-state index in [9.17, 15) is 9.90 Å². The minimum atomic E-state index is -0.426. The minimum Gasteiger partial charge on any atom is -0.876 e. The van der Waals surface area contributed by atoms with Gasteiger partial charge in [-0.3, -0.25) is 9.69 Å². The fourth-order valence-corrected chi connectivity index (χ4v) is 4.17. The molecule has 2 saturated heterocycles. The van der Waals surface area contributed by atoms with Crippen LogP contribution in [0.15, 0.2) is 54.8 Å². The van der Waals surface area contributed by atoms with E-state index >= 15 is 0 Å². The van der Waals surface area contributed by atoms with Crippen molar-refractivity contribution in [2.75, 3.05) is 26.2 Å². The van der Waals surface area contributed by atoms with Crippen molar-refractivity contribution in [2.24, 2.45) is 11.8 Å². The van der Waals surface area contributed by atoms with Gasteiger partial charge in [-0.1, -0.05) is 42.5 Å². The van der Waals surface area contributed by atoms with Crippen LogP contribution >= 0.6 is 0 Å². The van der Waals surface area contributed by atoms with Crippen molar-refractivity contribution < 1.29 is 14.6 Å². The van der Waals surface area contributed by atoms with Crippen molar-refractivity contribution >= 4 is 5.91 Å². The maximum absolute atomic E-state index is 13.0. The summed E-state index contributed by atoms with van der Waals surface area (Å²) in [6.07, 6.45) is 3.26. The Labute approximate surface area is 148 Å². The number of nitrogens with zero attached hydrogens (tertiary/aromatic N) is 2. The third kappa shape index (κ3) is 3.10. The van der Waals surface area contributed by atoms with E-state index < -0.39 is 11.8 Å². The molecule has 25 heavy (non-hydrogen) atoms. The summed E-state index contributed by atoms with van der Waals surface area (Å²) in [6.45, 7) is 7.54. The van der Waals surface area contributed by atoms with Crippen molar-refractivity contribution in [2.45, 2.75) is 18.8 Å². The fourth-order valence-electron chi connectivity index (χ4n) is 4.17. The summed E-state index contributed by atoms with van der Waals surface area (Å²) >= 11 is 0. The molecular weight excluding hydrogens is 316 g/mol. The van der Waals surface area contributed by atoms with Gasteiger partial charge in [0.2, 0.25) is 5.91 Å². The lowest BCUT2D eigenvalue weighted by Gasteiger charge is -2.38. The molecule has 0 spiro atoms. The number of carbonyl (C=O) groups is 1. The van der Waals surface area contributed by atoms with Gasteiger partial charge >= 0.3 is 0 Å². The molecule has 4 rings (SSSR count). The molecule has 5 heteroatoms. The van der Waals surface area contributed by atoms with Crippen LogP contribution in [0.4, 0.5) is 0 Å². The highest BCUT2D eigenvalue weighted by Crippen LogP contribution is 2.42. The van der Waals surface area contributed by atoms with E-state index in [2.05, 4.69) is 23.6 Å². The number of benzene rings is 1. The lowest BCUT2D eigenvalue weighted by atomic mass is 9.81. The predicted octanol–water partition coefficient (Wildman–Crippen LogP) is 0.774. The number of rotatable bonds is 4. The molecule has 0 radical (unpaired) electrons. The van der Waals surface area contributed by atoms with Crippen LogP contribution in [0.5, 0.6) is 0 Å². The lowest BCUT2D eigenvalue weighted by Crippen LogP contribution is -2.52. The van der Waals surface area contributed by atoms with Crippen LogP contribution in [0.3, 0.4) is 0 Å². The molecule has 0 saturated carbocycles. The highest BCUT2D eigenvalue weighted by Gasteiger charge is 2.50. The van der Waals surface area contributed by atoms with Gasteiger partial charge in [-0.15, -0.1) is 12.3 Å². The van der Waals surface area contributed by atoms with E-state index in [1.807, 2.05) is 35.3 Å². The zero-order valence-electron chi connectivity index (χ0n) is 14.2. The Balaban J connectivity index is 1.37. The number of amides is 1. The Morgan fingerprint density at radius 1 is 1.08 bits per heavy atom. The fraction of sp³-hybridized carbons (Fsp3) is 0.450. The van der Waals surface area contributed by atoms with Gasteiger partial charge in [0.1, 0.15) is 0 Å². The van der Waals surface area contributed by atoms with Gasteiger partial charge in [0.15, 0.2) is 0 Å². The summed E-state index contributed by atoms with van der Waals surface area (Å²) < 4.78 is 5.74. The summed E-state index contributed by atoms with van der Waals surface area (Å²) in [7, 11) is 0. The van der Waals surface area contributed by atoms with Crippen LogP contribution < -0.4 is 5.11 Å². The third-order valence-corrected chi connectivity index (χ3v) is 5.49. The molecule has 5 nitrogen and oxygen atoms in total. The van der Waals surface area contributed by atoms with Gasteiger partial charge in [0.05, 0.1) is 18.1 Å². The first-order valence-electron chi connectivity index (χ1n) is 8.88. The third-order valence-electron chi connectivity index (χ3n) is 5.49. The van der Waals surface area contributed by atoms with Crippen molar-refractivity contribution in [1.82, 2.24) is 9.80 Å². The quantitative estimate of drug-likeness (QED) is 0.601. The van der Waals surface area contributed by atoms with E-state index in [0.29, 0.717) is 13.1 Å². The molecule has 2 bridgehead atoms. The maximum atomic E-state index is 13.0. The second-order valence-electron chi connectivity index (χ2n) is 7.06. The molecule has 0 aromatic heterocycles. The number of hydrogen-bond donors (Lipinski definition) is 0. The Hall–Kier alpha value is -2.11. The average Bonchev–Trinajstić information content (AvgIpc) is 3.24. The van der Waals surface area contributed by atoms with Crippen LogP contribution in [-0.2, 0) is 16.1 Å². The lowest BCUT2D eigenvalue weighted by molar-refractivity contribution is -0.316. The zero-order valence-corrected chi connectivity index (χ0v) is 14.2. The van der Waals surface area contributed by atoms with Crippen LogP contribution in [-0.4, -0.2) is 54.1 Å². The number of carbonyl (C=O) groups excluding carboxylic acids is 1. The van der Waals surface area contributed by atoms with Crippen LogP contribution in [0, 0.1) is 11.8 Å². The average molecular weight is 339 g/mol. The summed E-state index contributed by atoms with van der Waals surface area (Å²) in [5.41, 5.74) is 1.29. The molecule has 3 heterocycles. The highest BCUT2D eigenvalue weighted by molar-refractivity contribution is 5.81. The van der Waals surface area contributed by atoms with Gasteiger partial charge in [-0.05, 0) is 5.56 Å². The first-order chi connectivity index (χ1) is 12.1. The second-order valence-corrected chi connectivity index (χ2v) is 7.06. The number of piperazine rings is 1. The molecule has 3 aliphatic heterocycles. The van der Waals surface area contributed by atoms with Gasteiger partial charge in [-0.2, -0.15) is 0 Å². The summed E-state index contributed by atoms with van der Waals surface area (Å²) in [6, 6.07) is 10.4. The molecule has 2 unspecified atom stereocenters. The molecule has 1 aromatic rings. The summed E-state index contributed by atoms with van der Waals surface area (Å²) in [5, 5.41) is 11.9. The number of ether oxygens (including phenoxy) is 1.